The van der Waals surface area contributed by atoms with Crippen molar-refractivity contribution in [1.82, 2.24) is 4.57 Å². The molecule has 0 unspecified atom stereocenters. The van der Waals surface area contributed by atoms with Crippen LogP contribution in [0.4, 0.5) is 0 Å². The van der Waals surface area contributed by atoms with Crippen LogP contribution in [0.15, 0.2) is 99.9 Å². The molecule has 0 saturated heterocycles. The summed E-state index contributed by atoms with van der Waals surface area (Å²) in [5.41, 5.74) is 3.06. The lowest BCUT2D eigenvalue weighted by molar-refractivity contribution is -0.139. The lowest BCUT2D eigenvalue weighted by atomic mass is 9.96. The van der Waals surface area contributed by atoms with E-state index in [4.69, 9.17) is 21.1 Å². The summed E-state index contributed by atoms with van der Waals surface area (Å²) in [5, 5.41) is 0.451. The number of rotatable bonds is 7. The number of carbonyl (C=O) groups excluding carboxylic acids is 1. The van der Waals surface area contributed by atoms with Crippen LogP contribution in [0.2, 0.25) is 5.02 Å². The van der Waals surface area contributed by atoms with Crippen LogP contribution in [-0.4, -0.2) is 17.1 Å². The van der Waals surface area contributed by atoms with Crippen LogP contribution in [0.1, 0.15) is 36.6 Å². The Morgan fingerprint density at radius 1 is 1.08 bits per heavy atom. The molecule has 8 heteroatoms. The lowest BCUT2D eigenvalue weighted by Gasteiger charge is -2.25. The van der Waals surface area contributed by atoms with E-state index in [9.17, 15) is 9.59 Å². The zero-order valence-electron chi connectivity index (χ0n) is 20.9. The number of esters is 1. The highest BCUT2D eigenvalue weighted by molar-refractivity contribution is 7.07. The monoisotopic (exact) mass is 544 g/mol. The van der Waals surface area contributed by atoms with Gasteiger partial charge in [-0.1, -0.05) is 83.6 Å². The molecular formula is C30H25ClN2O4S. The number of halogens is 1. The number of benzene rings is 3. The van der Waals surface area contributed by atoms with E-state index in [1.165, 1.54) is 15.9 Å². The van der Waals surface area contributed by atoms with Gasteiger partial charge in [0.05, 0.1) is 22.4 Å². The summed E-state index contributed by atoms with van der Waals surface area (Å²) < 4.78 is 13.3. The maximum atomic E-state index is 13.8. The molecule has 0 fully saturated rings. The Kier molecular flexibility index (Phi) is 7.58. The van der Waals surface area contributed by atoms with Gasteiger partial charge in [-0.05, 0) is 54.8 Å². The molecule has 38 heavy (non-hydrogen) atoms. The number of ether oxygens (including phenoxy) is 2. The first-order chi connectivity index (χ1) is 18.5. The van der Waals surface area contributed by atoms with Crippen LogP contribution in [0.25, 0.3) is 6.08 Å². The van der Waals surface area contributed by atoms with Crippen molar-refractivity contribution in [3.63, 3.8) is 0 Å². The topological polar surface area (TPSA) is 69.9 Å². The molecule has 0 saturated carbocycles. The number of aromatic nitrogens is 1. The Bertz CT molecular complexity index is 1710. The van der Waals surface area contributed by atoms with E-state index in [1.54, 1.807) is 19.9 Å². The molecule has 192 valence electrons. The number of carbonyl (C=O) groups is 1. The molecule has 0 amide bonds. The Morgan fingerprint density at radius 2 is 1.84 bits per heavy atom. The van der Waals surface area contributed by atoms with Crippen molar-refractivity contribution in [1.29, 1.82) is 0 Å². The predicted molar refractivity (Wildman–Crippen MR) is 149 cm³/mol. The molecule has 0 N–H and O–H groups in total. The molecule has 5 rings (SSSR count). The molecule has 0 spiro atoms. The summed E-state index contributed by atoms with van der Waals surface area (Å²) in [6.45, 7) is 4.14. The summed E-state index contributed by atoms with van der Waals surface area (Å²) in [5.74, 6) is 0.181. The van der Waals surface area contributed by atoms with Gasteiger partial charge in [-0.15, -0.1) is 0 Å². The molecule has 1 aromatic heterocycles. The fourth-order valence-electron chi connectivity index (χ4n) is 4.37. The second kappa shape index (κ2) is 11.2. The minimum absolute atomic E-state index is 0.206. The average Bonchev–Trinajstić information content (AvgIpc) is 3.22. The van der Waals surface area contributed by atoms with Crippen molar-refractivity contribution >= 4 is 35.0 Å². The zero-order valence-corrected chi connectivity index (χ0v) is 22.5. The normalized spacial score (nSPS) is 15.1. The summed E-state index contributed by atoms with van der Waals surface area (Å²) >= 11 is 7.83. The fraction of sp³-hybridized carbons (Fsp3) is 0.167. The first-order valence-electron chi connectivity index (χ1n) is 12.2. The predicted octanol–water partition coefficient (Wildman–Crippen LogP) is 5.03. The van der Waals surface area contributed by atoms with Gasteiger partial charge in [-0.3, -0.25) is 9.36 Å². The molecule has 1 atom stereocenters. The van der Waals surface area contributed by atoms with Crippen molar-refractivity contribution in [2.75, 3.05) is 6.61 Å². The Hall–Kier alpha value is -3.94. The number of hydrogen-bond donors (Lipinski definition) is 0. The van der Waals surface area contributed by atoms with E-state index < -0.39 is 12.0 Å². The number of nitrogens with zero attached hydrogens (tertiary/aromatic N) is 2. The molecule has 0 radical (unpaired) electrons. The number of allylic oxidation sites excluding steroid dienone is 1. The van der Waals surface area contributed by atoms with Gasteiger partial charge >= 0.3 is 5.97 Å². The molecule has 4 aromatic rings. The van der Waals surface area contributed by atoms with Gasteiger partial charge in [0.15, 0.2) is 4.80 Å². The molecule has 3 aromatic carbocycles. The van der Waals surface area contributed by atoms with Crippen LogP contribution in [0.5, 0.6) is 5.75 Å². The van der Waals surface area contributed by atoms with E-state index in [0.717, 1.165) is 11.1 Å². The highest BCUT2D eigenvalue weighted by Gasteiger charge is 2.34. The highest BCUT2D eigenvalue weighted by Crippen LogP contribution is 2.34. The summed E-state index contributed by atoms with van der Waals surface area (Å²) in [4.78, 5) is 31.9. The van der Waals surface area contributed by atoms with Crippen molar-refractivity contribution in [3.05, 3.63) is 132 Å². The summed E-state index contributed by atoms with van der Waals surface area (Å²) in [7, 11) is 0. The largest absolute Gasteiger partial charge is 0.489 e. The van der Waals surface area contributed by atoms with Gasteiger partial charge in [0.25, 0.3) is 5.56 Å². The third kappa shape index (κ3) is 5.21. The standard InChI is InChI=1S/C30H25ClN2O4S/c1-3-36-29(35)26-19(2)32-30-33(27(26)23-14-7-8-15-24(23)31)28(34)25(38-30)17-21-12-9-13-22(16-21)37-18-20-10-5-4-6-11-20/h4-17,27H,3,18H2,1-2H3/b25-17-/t27-/m0/s1. The second-order valence-electron chi connectivity index (χ2n) is 8.67. The fourth-order valence-corrected chi connectivity index (χ4v) is 5.65. The van der Waals surface area contributed by atoms with Crippen LogP contribution in [0, 0.1) is 0 Å². The van der Waals surface area contributed by atoms with Gasteiger partial charge in [0, 0.05) is 5.02 Å². The maximum absolute atomic E-state index is 13.8. The third-order valence-electron chi connectivity index (χ3n) is 6.12. The van der Waals surface area contributed by atoms with Gasteiger partial charge in [-0.2, -0.15) is 0 Å². The van der Waals surface area contributed by atoms with Gasteiger partial charge in [-0.25, -0.2) is 9.79 Å². The van der Waals surface area contributed by atoms with Crippen LogP contribution >= 0.6 is 22.9 Å². The first-order valence-corrected chi connectivity index (χ1v) is 13.4. The van der Waals surface area contributed by atoms with Crippen molar-refractivity contribution in [3.8, 4) is 5.75 Å². The van der Waals surface area contributed by atoms with Crippen molar-refractivity contribution in [2.24, 2.45) is 4.99 Å². The van der Waals surface area contributed by atoms with Crippen molar-refractivity contribution < 1.29 is 14.3 Å². The summed E-state index contributed by atoms with van der Waals surface area (Å²) in [6.07, 6.45) is 1.81. The van der Waals surface area contributed by atoms with E-state index in [0.29, 0.717) is 43.5 Å². The molecule has 6 nitrogen and oxygen atoms in total. The minimum atomic E-state index is -0.748. The van der Waals surface area contributed by atoms with E-state index >= 15 is 0 Å². The zero-order chi connectivity index (χ0) is 26.6. The van der Waals surface area contributed by atoms with Gasteiger partial charge < -0.3 is 9.47 Å². The second-order valence-corrected chi connectivity index (χ2v) is 10.1. The lowest BCUT2D eigenvalue weighted by Crippen LogP contribution is -2.40. The molecule has 1 aliphatic heterocycles. The minimum Gasteiger partial charge on any atom is -0.489 e. The SMILES string of the molecule is CCOC(=O)C1=C(C)N=c2s/c(=C\c3cccc(OCc4ccccc4)c3)c(=O)n2[C@H]1c1ccccc1Cl. The number of fused-ring (bicyclic) bond motifs is 1. The van der Waals surface area contributed by atoms with E-state index in [-0.39, 0.29) is 12.2 Å². The van der Waals surface area contributed by atoms with Crippen LogP contribution in [-0.2, 0) is 16.1 Å². The van der Waals surface area contributed by atoms with Gasteiger partial charge in [0.1, 0.15) is 18.4 Å². The quantitative estimate of drug-likeness (QED) is 0.306. The highest BCUT2D eigenvalue weighted by atomic mass is 35.5. The number of thiazole rings is 1. The molecule has 1 aliphatic rings. The number of hydrogen-bond acceptors (Lipinski definition) is 6. The maximum Gasteiger partial charge on any atom is 0.338 e. The Balaban J connectivity index is 1.57. The Labute approximate surface area is 228 Å². The Morgan fingerprint density at radius 3 is 2.61 bits per heavy atom. The first kappa shape index (κ1) is 25.7. The molecule has 2 heterocycles. The molecular weight excluding hydrogens is 520 g/mol. The van der Waals surface area contributed by atoms with Crippen LogP contribution in [0.3, 0.4) is 0 Å². The third-order valence-corrected chi connectivity index (χ3v) is 7.45. The van der Waals surface area contributed by atoms with Gasteiger partial charge in [0.2, 0.25) is 0 Å². The van der Waals surface area contributed by atoms with Crippen LogP contribution < -0.4 is 19.6 Å². The van der Waals surface area contributed by atoms with E-state index in [1.807, 2.05) is 78.9 Å². The van der Waals surface area contributed by atoms with Crippen molar-refractivity contribution in [2.45, 2.75) is 26.5 Å². The molecule has 0 bridgehead atoms. The smallest absolute Gasteiger partial charge is 0.338 e. The average molecular weight is 545 g/mol. The molecule has 0 aliphatic carbocycles. The summed E-state index contributed by atoms with van der Waals surface area (Å²) in [6, 6.07) is 23.9. The van der Waals surface area contributed by atoms with E-state index in [2.05, 4.69) is 4.99 Å².